The predicted molar refractivity (Wildman–Crippen MR) is 7.23 cm³/mol. The summed E-state index contributed by atoms with van der Waals surface area (Å²) in [4.78, 5) is 0. The monoisotopic (exact) mass is 138 g/mol. The van der Waals surface area contributed by atoms with Crippen molar-refractivity contribution in [1.82, 2.24) is 0 Å². The first-order valence-corrected chi connectivity index (χ1v) is 0. The second-order valence-corrected chi connectivity index (χ2v) is 0. The molecule has 0 aliphatic rings. The molecule has 0 atom stereocenters. The molecule has 0 aliphatic heterocycles. The van der Waals surface area contributed by atoms with Gasteiger partial charge < -0.3 is 11.0 Å². The minimum atomic E-state index is 0. The third kappa shape index (κ3) is 21.3. The second kappa shape index (κ2) is 32.0. The van der Waals surface area contributed by atoms with Crippen LogP contribution in [0.5, 0.6) is 0 Å². The van der Waals surface area contributed by atoms with Gasteiger partial charge in [0.25, 0.3) is 0 Å². The number of hydrogen-bond donors (Lipinski definition) is 0. The van der Waals surface area contributed by atoms with Crippen molar-refractivity contribution in [1.29, 1.82) is 0 Å². The third-order valence-corrected chi connectivity index (χ3v) is 0. The predicted octanol–water partition coefficient (Wildman–Crippen LogP) is -7.64. The Kier molecular flexibility index (Phi) is 332. The Morgan fingerprint density at radius 1 is 0.600 bits per heavy atom. The Hall–Kier alpha value is 2.44. The Morgan fingerprint density at radius 3 is 0.600 bits per heavy atom. The van der Waals surface area contributed by atoms with Gasteiger partial charge in [-0.05, 0) is 0 Å². The van der Waals surface area contributed by atoms with E-state index in [1.807, 2.05) is 0 Å². The zero-order chi connectivity index (χ0) is 0. The van der Waals surface area contributed by atoms with Crippen molar-refractivity contribution in [2.75, 3.05) is 0 Å². The maximum absolute atomic E-state index is 0. The van der Waals surface area contributed by atoms with E-state index in [0.29, 0.717) is 0 Å². The zero-order valence-corrected chi connectivity index (χ0v) is 8.46. The quantitative estimate of drug-likeness (QED) is 0.298. The van der Waals surface area contributed by atoms with Gasteiger partial charge in [0.2, 0.25) is 0 Å². The molecular weight excluding hydrogens is 134 g/mol. The third-order valence-electron chi connectivity index (χ3n) is 0. The van der Waals surface area contributed by atoms with Crippen molar-refractivity contribution in [2.24, 2.45) is 0 Å². The van der Waals surface area contributed by atoms with Gasteiger partial charge in [-0.15, -0.1) is 0 Å². The molecule has 1 radical (unpaired) electrons. The van der Waals surface area contributed by atoms with Crippen LogP contribution in [-0.2, 0) is 17.1 Å². The fraction of sp³-hybridized carbons (Fsp3) is 0. The van der Waals surface area contributed by atoms with Crippen LogP contribution in [0.3, 0.4) is 0 Å². The summed E-state index contributed by atoms with van der Waals surface area (Å²) in [5.41, 5.74) is 0. The van der Waals surface area contributed by atoms with E-state index < -0.39 is 0 Å². The van der Waals surface area contributed by atoms with E-state index in [9.17, 15) is 0 Å². The van der Waals surface area contributed by atoms with Crippen LogP contribution >= 0.6 is 0 Å². The molecule has 0 rings (SSSR count). The van der Waals surface area contributed by atoms with Gasteiger partial charge in [0.15, 0.2) is 0 Å². The Labute approximate surface area is 85.8 Å². The Balaban J connectivity index is 0. The van der Waals surface area contributed by atoms with Crippen molar-refractivity contribution in [3.63, 3.8) is 0 Å². The molecule has 0 aromatic rings. The van der Waals surface area contributed by atoms with Crippen molar-refractivity contribution < 1.29 is 87.1 Å². The van der Waals surface area contributed by atoms with Crippen LogP contribution in [0.25, 0.3) is 0 Å². The average Bonchev–Trinajstić information content (AvgIpc) is 0. The fourth-order valence-corrected chi connectivity index (χ4v) is 0. The first-order chi connectivity index (χ1) is 0. The maximum atomic E-state index is 0. The van der Waals surface area contributed by atoms with Crippen molar-refractivity contribution >= 4 is 0 Å². The Bertz CT molecular complexity index is 7.61. The van der Waals surface area contributed by atoms with Gasteiger partial charge in [0.1, 0.15) is 0 Å². The molecule has 0 spiro atoms. The van der Waals surface area contributed by atoms with Crippen LogP contribution in [0, 0.1) is 0 Å². The summed E-state index contributed by atoms with van der Waals surface area (Å²) < 4.78 is 0. The van der Waals surface area contributed by atoms with E-state index in [-0.39, 0.29) is 87.1 Å². The molecule has 21 valence electrons. The van der Waals surface area contributed by atoms with Gasteiger partial charge in [-0.2, -0.15) is 0 Å². The number of hydrogen-bond acceptors (Lipinski definition) is 0. The molecular formula is H4FeNa2O2+5. The molecule has 0 aromatic carbocycles. The average molecular weight is 138 g/mol. The van der Waals surface area contributed by atoms with E-state index in [1.165, 1.54) is 0 Å². The van der Waals surface area contributed by atoms with Gasteiger partial charge in [-0.1, -0.05) is 0 Å². The number of rotatable bonds is 0. The summed E-state index contributed by atoms with van der Waals surface area (Å²) in [5.74, 6) is 0. The zero-order valence-electron chi connectivity index (χ0n) is 3.35. The van der Waals surface area contributed by atoms with Crippen molar-refractivity contribution in [3.05, 3.63) is 0 Å². The van der Waals surface area contributed by atoms with E-state index in [0.717, 1.165) is 0 Å². The van der Waals surface area contributed by atoms with Crippen molar-refractivity contribution in [2.45, 2.75) is 0 Å². The summed E-state index contributed by atoms with van der Waals surface area (Å²) >= 11 is 0. The molecule has 0 saturated carbocycles. The van der Waals surface area contributed by atoms with Crippen LogP contribution in [0.15, 0.2) is 0 Å². The molecule has 0 heterocycles. The summed E-state index contributed by atoms with van der Waals surface area (Å²) in [6.07, 6.45) is 0. The first-order valence-electron chi connectivity index (χ1n) is 0. The molecule has 2 nitrogen and oxygen atoms in total. The van der Waals surface area contributed by atoms with Gasteiger partial charge in [-0.25, -0.2) is 0 Å². The molecule has 0 bridgehead atoms. The molecule has 5 heteroatoms. The molecule has 0 aromatic heterocycles. The second-order valence-electron chi connectivity index (χ2n) is 0. The van der Waals surface area contributed by atoms with E-state index in [4.69, 9.17) is 0 Å². The molecule has 4 N–H and O–H groups in total. The van der Waals surface area contributed by atoms with Crippen LogP contribution in [0.1, 0.15) is 0 Å². The summed E-state index contributed by atoms with van der Waals surface area (Å²) in [6, 6.07) is 0. The Morgan fingerprint density at radius 2 is 0.600 bits per heavy atom. The molecule has 0 amide bonds. The molecule has 0 saturated heterocycles. The SMILES string of the molecule is O.O.[Fe+3].[Na+].[Na+]. The maximum Gasteiger partial charge on any atom is 3.00 e. The topological polar surface area (TPSA) is 63.0 Å². The van der Waals surface area contributed by atoms with Gasteiger partial charge >= 0.3 is 76.2 Å². The first kappa shape index (κ1) is 51.8. The summed E-state index contributed by atoms with van der Waals surface area (Å²) in [5, 5.41) is 0. The van der Waals surface area contributed by atoms with Crippen LogP contribution in [0.2, 0.25) is 0 Å². The largest absolute Gasteiger partial charge is 3.00 e. The molecule has 0 aliphatic carbocycles. The minimum absolute atomic E-state index is 0. The van der Waals surface area contributed by atoms with Gasteiger partial charge in [-0.3, -0.25) is 0 Å². The molecule has 0 fully saturated rings. The molecule has 5 heavy (non-hydrogen) atoms. The van der Waals surface area contributed by atoms with E-state index in [2.05, 4.69) is 0 Å². The van der Waals surface area contributed by atoms with Gasteiger partial charge in [0, 0.05) is 0 Å². The minimum Gasteiger partial charge on any atom is -0.412 e. The normalized spacial score (nSPS) is 0. The van der Waals surface area contributed by atoms with Gasteiger partial charge in [0.05, 0.1) is 0 Å². The van der Waals surface area contributed by atoms with E-state index in [1.54, 1.807) is 0 Å². The smallest absolute Gasteiger partial charge is 0.412 e. The summed E-state index contributed by atoms with van der Waals surface area (Å²) in [7, 11) is 0. The van der Waals surface area contributed by atoms with Crippen LogP contribution in [-0.4, -0.2) is 11.0 Å². The summed E-state index contributed by atoms with van der Waals surface area (Å²) in [6.45, 7) is 0. The van der Waals surface area contributed by atoms with E-state index >= 15 is 0 Å². The standard InChI is InChI=1S/Fe.2Na.2H2O/h;;;2*1H2/q+3;2*+1;;. The fourth-order valence-electron chi connectivity index (χ4n) is 0. The van der Waals surface area contributed by atoms with Crippen molar-refractivity contribution in [3.8, 4) is 0 Å². The van der Waals surface area contributed by atoms with Crippen LogP contribution < -0.4 is 59.1 Å². The van der Waals surface area contributed by atoms with Crippen LogP contribution in [0.4, 0.5) is 0 Å². The molecule has 0 unspecified atom stereocenters.